The summed E-state index contributed by atoms with van der Waals surface area (Å²) in [5, 5.41) is 3.95. The Balaban J connectivity index is 1.44. The van der Waals surface area contributed by atoms with Crippen LogP contribution in [0.2, 0.25) is 0 Å². The smallest absolute Gasteiger partial charge is 0.233 e. The van der Waals surface area contributed by atoms with Crippen molar-refractivity contribution in [2.75, 3.05) is 48.9 Å². The molecule has 150 valence electrons. The summed E-state index contributed by atoms with van der Waals surface area (Å²) in [6.45, 7) is 3.49. The van der Waals surface area contributed by atoms with Crippen LogP contribution in [0.25, 0.3) is 0 Å². The number of morpholine rings is 1. The van der Waals surface area contributed by atoms with Gasteiger partial charge in [-0.1, -0.05) is 48.2 Å². The molecule has 0 amide bonds. The third-order valence-electron chi connectivity index (χ3n) is 4.25. The molecule has 0 unspecified atom stereocenters. The number of anilines is 3. The van der Waals surface area contributed by atoms with E-state index >= 15 is 0 Å². The van der Waals surface area contributed by atoms with Gasteiger partial charge in [0.2, 0.25) is 11.9 Å². The predicted molar refractivity (Wildman–Crippen MR) is 115 cm³/mol. The number of ether oxygens (including phenoxy) is 2. The van der Waals surface area contributed by atoms with Crippen molar-refractivity contribution in [2.45, 2.75) is 5.16 Å². The standard InChI is InChI=1S/C21H23N5O2S/c1-3-7-17(8-4-1)22-19-23-20(26-11-13-27-14-12-26)25-21(24-19)29-16-15-28-18-9-5-2-6-10-18/h1-10H,11-16H2,(H,22,23,24,25). The number of rotatable bonds is 8. The number of aromatic nitrogens is 3. The summed E-state index contributed by atoms with van der Waals surface area (Å²) in [7, 11) is 0. The number of hydrogen-bond donors (Lipinski definition) is 1. The van der Waals surface area contributed by atoms with Gasteiger partial charge >= 0.3 is 0 Å². The van der Waals surface area contributed by atoms with E-state index in [1.807, 2.05) is 60.7 Å². The molecule has 2 aromatic carbocycles. The van der Waals surface area contributed by atoms with Gasteiger partial charge in [0, 0.05) is 24.5 Å². The molecular weight excluding hydrogens is 386 g/mol. The fourth-order valence-corrected chi connectivity index (χ4v) is 3.48. The second-order valence-electron chi connectivity index (χ2n) is 6.34. The minimum absolute atomic E-state index is 0.541. The number of para-hydroxylation sites is 2. The first-order chi connectivity index (χ1) is 14.4. The van der Waals surface area contributed by atoms with Crippen molar-refractivity contribution >= 4 is 29.3 Å². The van der Waals surface area contributed by atoms with Crippen molar-refractivity contribution in [3.8, 4) is 5.75 Å². The predicted octanol–water partition coefficient (Wildman–Crippen LogP) is 3.62. The van der Waals surface area contributed by atoms with Crippen LogP contribution in [0.5, 0.6) is 5.75 Å². The SMILES string of the molecule is c1ccc(Nc2nc(SCCOc3ccccc3)nc(N3CCOCC3)n2)cc1. The van der Waals surface area contributed by atoms with Gasteiger partial charge in [-0.25, -0.2) is 0 Å². The lowest BCUT2D eigenvalue weighted by atomic mass is 10.3. The molecule has 0 aliphatic carbocycles. The maximum Gasteiger partial charge on any atom is 0.233 e. The van der Waals surface area contributed by atoms with E-state index in [1.165, 1.54) is 0 Å². The number of benzene rings is 2. The molecule has 0 spiro atoms. The monoisotopic (exact) mass is 409 g/mol. The Bertz CT molecular complexity index is 892. The lowest BCUT2D eigenvalue weighted by molar-refractivity contribution is 0.122. The van der Waals surface area contributed by atoms with Crippen molar-refractivity contribution in [3.05, 3.63) is 60.7 Å². The highest BCUT2D eigenvalue weighted by atomic mass is 32.2. The van der Waals surface area contributed by atoms with E-state index in [4.69, 9.17) is 9.47 Å². The zero-order valence-electron chi connectivity index (χ0n) is 16.0. The first-order valence-corrected chi connectivity index (χ1v) is 10.6. The average Bonchev–Trinajstić information content (AvgIpc) is 2.79. The molecule has 0 bridgehead atoms. The van der Waals surface area contributed by atoms with E-state index in [-0.39, 0.29) is 0 Å². The van der Waals surface area contributed by atoms with E-state index in [1.54, 1.807) is 11.8 Å². The van der Waals surface area contributed by atoms with Gasteiger partial charge in [0.15, 0.2) is 5.16 Å². The van der Waals surface area contributed by atoms with Gasteiger partial charge < -0.3 is 19.7 Å². The van der Waals surface area contributed by atoms with Crippen LogP contribution in [0, 0.1) is 0 Å². The summed E-state index contributed by atoms with van der Waals surface area (Å²) in [6, 6.07) is 19.7. The van der Waals surface area contributed by atoms with E-state index < -0.39 is 0 Å². The molecule has 4 rings (SSSR count). The second-order valence-corrected chi connectivity index (χ2v) is 7.40. The van der Waals surface area contributed by atoms with Gasteiger partial charge in [-0.2, -0.15) is 15.0 Å². The number of nitrogens with one attached hydrogen (secondary N) is 1. The van der Waals surface area contributed by atoms with Crippen molar-refractivity contribution in [1.29, 1.82) is 0 Å². The Hall–Kier alpha value is -2.84. The molecule has 3 aromatic rings. The molecule has 0 saturated carbocycles. The van der Waals surface area contributed by atoms with Crippen LogP contribution in [-0.4, -0.2) is 53.6 Å². The summed E-state index contributed by atoms with van der Waals surface area (Å²) >= 11 is 1.56. The second kappa shape index (κ2) is 10.1. The van der Waals surface area contributed by atoms with Crippen LogP contribution >= 0.6 is 11.8 Å². The van der Waals surface area contributed by atoms with Crippen LogP contribution in [-0.2, 0) is 4.74 Å². The molecule has 1 saturated heterocycles. The Labute approximate surface area is 174 Å². The molecule has 1 N–H and O–H groups in total. The van der Waals surface area contributed by atoms with Crippen LogP contribution < -0.4 is 15.0 Å². The zero-order valence-corrected chi connectivity index (χ0v) is 16.8. The van der Waals surface area contributed by atoms with E-state index in [0.717, 1.165) is 30.3 Å². The lowest BCUT2D eigenvalue weighted by Gasteiger charge is -2.27. The molecule has 1 aliphatic rings. The topological polar surface area (TPSA) is 72.4 Å². The first kappa shape index (κ1) is 19.5. The molecule has 7 nitrogen and oxygen atoms in total. The lowest BCUT2D eigenvalue weighted by Crippen LogP contribution is -2.37. The average molecular weight is 410 g/mol. The number of hydrogen-bond acceptors (Lipinski definition) is 8. The first-order valence-electron chi connectivity index (χ1n) is 9.58. The van der Waals surface area contributed by atoms with Gasteiger partial charge in [-0.3, -0.25) is 0 Å². The number of nitrogens with zero attached hydrogens (tertiary/aromatic N) is 4. The Kier molecular flexibility index (Phi) is 6.77. The fourth-order valence-electron chi connectivity index (χ4n) is 2.83. The van der Waals surface area contributed by atoms with E-state index in [0.29, 0.717) is 36.9 Å². The van der Waals surface area contributed by atoms with Gasteiger partial charge in [0.25, 0.3) is 0 Å². The minimum atomic E-state index is 0.541. The highest BCUT2D eigenvalue weighted by Crippen LogP contribution is 2.22. The summed E-state index contributed by atoms with van der Waals surface area (Å²) in [5.74, 6) is 2.82. The highest BCUT2D eigenvalue weighted by Gasteiger charge is 2.17. The summed E-state index contributed by atoms with van der Waals surface area (Å²) < 4.78 is 11.2. The highest BCUT2D eigenvalue weighted by molar-refractivity contribution is 7.99. The normalized spacial score (nSPS) is 13.9. The fraction of sp³-hybridized carbons (Fsp3) is 0.286. The Morgan fingerprint density at radius 3 is 2.41 bits per heavy atom. The molecule has 0 atom stereocenters. The van der Waals surface area contributed by atoms with Crippen molar-refractivity contribution in [3.63, 3.8) is 0 Å². The van der Waals surface area contributed by atoms with Crippen LogP contribution in [0.4, 0.5) is 17.6 Å². The van der Waals surface area contributed by atoms with E-state index in [9.17, 15) is 0 Å². The van der Waals surface area contributed by atoms with Gasteiger partial charge in [0.05, 0.1) is 19.8 Å². The molecule has 0 radical (unpaired) electrons. The van der Waals surface area contributed by atoms with Gasteiger partial charge in [-0.05, 0) is 24.3 Å². The Morgan fingerprint density at radius 1 is 0.931 bits per heavy atom. The maximum atomic E-state index is 5.77. The molecular formula is C21H23N5O2S. The van der Waals surface area contributed by atoms with Crippen molar-refractivity contribution in [1.82, 2.24) is 15.0 Å². The third-order valence-corrected chi connectivity index (χ3v) is 5.06. The van der Waals surface area contributed by atoms with Crippen LogP contribution in [0.3, 0.4) is 0 Å². The van der Waals surface area contributed by atoms with Crippen molar-refractivity contribution in [2.24, 2.45) is 0 Å². The zero-order chi connectivity index (χ0) is 19.7. The molecule has 1 aromatic heterocycles. The summed E-state index contributed by atoms with van der Waals surface area (Å²) in [4.78, 5) is 16.0. The van der Waals surface area contributed by atoms with E-state index in [2.05, 4.69) is 25.2 Å². The minimum Gasteiger partial charge on any atom is -0.493 e. The largest absolute Gasteiger partial charge is 0.493 e. The molecule has 1 fully saturated rings. The summed E-state index contributed by atoms with van der Waals surface area (Å²) in [5.41, 5.74) is 0.940. The third kappa shape index (κ3) is 5.82. The molecule has 1 aliphatic heterocycles. The van der Waals surface area contributed by atoms with Gasteiger partial charge in [-0.15, -0.1) is 0 Å². The van der Waals surface area contributed by atoms with Crippen molar-refractivity contribution < 1.29 is 9.47 Å². The molecule has 8 heteroatoms. The van der Waals surface area contributed by atoms with Gasteiger partial charge in [0.1, 0.15) is 5.75 Å². The Morgan fingerprint density at radius 2 is 1.66 bits per heavy atom. The van der Waals surface area contributed by atoms with Crippen LogP contribution in [0.1, 0.15) is 0 Å². The molecule has 2 heterocycles. The number of thioether (sulfide) groups is 1. The van der Waals surface area contributed by atoms with Crippen LogP contribution in [0.15, 0.2) is 65.8 Å². The molecule has 29 heavy (non-hydrogen) atoms. The quantitative estimate of drug-likeness (QED) is 0.447. The summed E-state index contributed by atoms with van der Waals surface area (Å²) in [6.07, 6.45) is 0. The maximum absolute atomic E-state index is 5.77.